The molecule has 2 aromatic heterocycles. The molecular weight excluding hydrogens is 371 g/mol. The monoisotopic (exact) mass is 385 g/mol. The maximum atomic E-state index is 12.6. The summed E-state index contributed by atoms with van der Waals surface area (Å²) in [7, 11) is 0. The van der Waals surface area contributed by atoms with Gasteiger partial charge in [-0.05, 0) is 18.6 Å². The number of rotatable bonds is 5. The Morgan fingerprint density at radius 3 is 2.70 bits per heavy atom. The van der Waals surface area contributed by atoms with Gasteiger partial charge < -0.3 is 15.2 Å². The maximum Gasteiger partial charge on any atom is 0.417 e. The molecule has 12 heteroatoms. The number of pyridine rings is 1. The Bertz CT molecular complexity index is 844. The molecule has 1 unspecified atom stereocenters. The van der Waals surface area contributed by atoms with E-state index in [1.54, 1.807) is 0 Å². The number of ether oxygens (including phenoxy) is 1. The molecule has 0 aliphatic carbocycles. The second-order valence-electron chi connectivity index (χ2n) is 6.06. The van der Waals surface area contributed by atoms with Gasteiger partial charge in [0.25, 0.3) is 5.91 Å². The van der Waals surface area contributed by atoms with Crippen LogP contribution in [0.15, 0.2) is 24.5 Å². The van der Waals surface area contributed by atoms with Crippen molar-refractivity contribution in [2.45, 2.75) is 24.6 Å². The van der Waals surface area contributed by atoms with E-state index in [2.05, 4.69) is 20.6 Å². The molecule has 0 spiro atoms. The van der Waals surface area contributed by atoms with Gasteiger partial charge in [-0.3, -0.25) is 9.59 Å². The number of nitrogens with zero attached hydrogens (tertiary/aromatic N) is 4. The minimum Gasteiger partial charge on any atom is -0.481 e. The van der Waals surface area contributed by atoms with Crippen LogP contribution in [0.25, 0.3) is 5.82 Å². The first-order chi connectivity index (χ1) is 12.7. The van der Waals surface area contributed by atoms with Gasteiger partial charge in [0.1, 0.15) is 0 Å². The summed E-state index contributed by atoms with van der Waals surface area (Å²) in [4.78, 5) is 27.1. The van der Waals surface area contributed by atoms with Gasteiger partial charge in [0.2, 0.25) is 0 Å². The fourth-order valence-corrected chi connectivity index (χ4v) is 2.65. The molecule has 144 valence electrons. The van der Waals surface area contributed by atoms with E-state index >= 15 is 0 Å². The van der Waals surface area contributed by atoms with Crippen LogP contribution in [0.1, 0.15) is 28.9 Å². The summed E-state index contributed by atoms with van der Waals surface area (Å²) in [6.07, 6.45) is -2.66. The van der Waals surface area contributed by atoms with Crippen LogP contribution in [0.3, 0.4) is 0 Å². The number of carboxylic acids is 1. The number of amides is 1. The first-order valence-corrected chi connectivity index (χ1v) is 7.77. The van der Waals surface area contributed by atoms with E-state index in [0.29, 0.717) is 19.2 Å². The molecule has 3 rings (SSSR count). The summed E-state index contributed by atoms with van der Waals surface area (Å²) in [6.45, 7) is 0.370. The molecule has 9 nitrogen and oxygen atoms in total. The molecule has 0 saturated carbocycles. The lowest BCUT2D eigenvalue weighted by Gasteiger charge is -2.26. The maximum absolute atomic E-state index is 12.6. The zero-order chi connectivity index (χ0) is 19.7. The number of hydrogen-bond donors (Lipinski definition) is 2. The van der Waals surface area contributed by atoms with Crippen molar-refractivity contribution in [2.24, 2.45) is 0 Å². The Kier molecular flexibility index (Phi) is 4.83. The topological polar surface area (TPSA) is 119 Å². The highest BCUT2D eigenvalue weighted by Crippen LogP contribution is 2.28. The van der Waals surface area contributed by atoms with Gasteiger partial charge in [0.15, 0.2) is 11.5 Å². The lowest BCUT2D eigenvalue weighted by atomic mass is 9.94. The van der Waals surface area contributed by atoms with Crippen LogP contribution in [-0.4, -0.2) is 55.7 Å². The van der Waals surface area contributed by atoms with Crippen LogP contribution in [0.5, 0.6) is 0 Å². The summed E-state index contributed by atoms with van der Waals surface area (Å²) in [5.74, 6) is -1.71. The minimum absolute atomic E-state index is 0.0407. The third-order valence-electron chi connectivity index (χ3n) is 4.01. The second-order valence-corrected chi connectivity index (χ2v) is 6.06. The SMILES string of the molecule is O=C(O)CC1(NC(=O)c2cn(-c3ccc(C(F)(F)F)cn3)nn2)CCOC1. The van der Waals surface area contributed by atoms with Crippen LogP contribution < -0.4 is 5.32 Å². The number of carbonyl (C=O) groups is 2. The fourth-order valence-electron chi connectivity index (χ4n) is 2.65. The fraction of sp³-hybridized carbons (Fsp3) is 0.400. The van der Waals surface area contributed by atoms with Gasteiger partial charge in [-0.25, -0.2) is 9.67 Å². The number of aromatic nitrogens is 4. The smallest absolute Gasteiger partial charge is 0.417 e. The highest BCUT2D eigenvalue weighted by molar-refractivity contribution is 5.92. The van der Waals surface area contributed by atoms with Crippen molar-refractivity contribution < 1.29 is 32.6 Å². The van der Waals surface area contributed by atoms with Crippen molar-refractivity contribution in [2.75, 3.05) is 13.2 Å². The van der Waals surface area contributed by atoms with Gasteiger partial charge in [-0.15, -0.1) is 5.10 Å². The van der Waals surface area contributed by atoms with Crippen molar-refractivity contribution in [1.29, 1.82) is 0 Å². The van der Waals surface area contributed by atoms with Crippen molar-refractivity contribution in [3.8, 4) is 5.82 Å². The normalized spacial score (nSPS) is 19.8. The quantitative estimate of drug-likeness (QED) is 0.789. The average molecular weight is 385 g/mol. The van der Waals surface area contributed by atoms with E-state index in [1.807, 2.05) is 0 Å². The molecule has 1 fully saturated rings. The van der Waals surface area contributed by atoms with Crippen LogP contribution in [0, 0.1) is 0 Å². The Morgan fingerprint density at radius 1 is 1.37 bits per heavy atom. The van der Waals surface area contributed by atoms with E-state index in [4.69, 9.17) is 9.84 Å². The van der Waals surface area contributed by atoms with E-state index in [0.717, 1.165) is 16.8 Å². The molecule has 1 atom stereocenters. The number of nitrogens with one attached hydrogen (secondary N) is 1. The Hall–Kier alpha value is -3.02. The minimum atomic E-state index is -4.51. The van der Waals surface area contributed by atoms with Crippen molar-refractivity contribution in [1.82, 2.24) is 25.3 Å². The van der Waals surface area contributed by atoms with Gasteiger partial charge >= 0.3 is 12.1 Å². The van der Waals surface area contributed by atoms with Crippen molar-refractivity contribution in [3.63, 3.8) is 0 Å². The predicted molar refractivity (Wildman–Crippen MR) is 82.0 cm³/mol. The largest absolute Gasteiger partial charge is 0.481 e. The molecule has 1 aliphatic rings. The number of aliphatic carboxylic acids is 1. The average Bonchev–Trinajstić information content (AvgIpc) is 3.23. The van der Waals surface area contributed by atoms with Crippen LogP contribution in [-0.2, 0) is 15.7 Å². The van der Waals surface area contributed by atoms with E-state index < -0.39 is 29.2 Å². The molecule has 0 bridgehead atoms. The zero-order valence-corrected chi connectivity index (χ0v) is 13.7. The molecular formula is C15H14F3N5O4. The molecule has 27 heavy (non-hydrogen) atoms. The third kappa shape index (κ3) is 4.22. The number of alkyl halides is 3. The summed E-state index contributed by atoms with van der Waals surface area (Å²) in [6, 6.07) is 1.93. The lowest BCUT2D eigenvalue weighted by Crippen LogP contribution is -2.50. The second kappa shape index (κ2) is 6.95. The highest BCUT2D eigenvalue weighted by Gasteiger charge is 2.39. The summed E-state index contributed by atoms with van der Waals surface area (Å²) >= 11 is 0. The van der Waals surface area contributed by atoms with Gasteiger partial charge in [-0.1, -0.05) is 5.21 Å². The van der Waals surface area contributed by atoms with Gasteiger partial charge in [0.05, 0.1) is 30.3 Å². The van der Waals surface area contributed by atoms with E-state index in [9.17, 15) is 22.8 Å². The third-order valence-corrected chi connectivity index (χ3v) is 4.01. The number of carbonyl (C=O) groups excluding carboxylic acids is 1. The number of hydrogen-bond acceptors (Lipinski definition) is 6. The Labute approximate surface area is 150 Å². The Balaban J connectivity index is 1.75. The lowest BCUT2D eigenvalue weighted by molar-refractivity contribution is -0.139. The zero-order valence-electron chi connectivity index (χ0n) is 13.7. The molecule has 0 aromatic carbocycles. The molecule has 2 aromatic rings. The molecule has 2 N–H and O–H groups in total. The molecule has 1 saturated heterocycles. The highest BCUT2D eigenvalue weighted by atomic mass is 19.4. The van der Waals surface area contributed by atoms with Crippen molar-refractivity contribution >= 4 is 11.9 Å². The molecule has 0 radical (unpaired) electrons. The number of carboxylic acid groups (broad SMARTS) is 1. The van der Waals surface area contributed by atoms with Crippen LogP contribution in [0.4, 0.5) is 13.2 Å². The van der Waals surface area contributed by atoms with Crippen LogP contribution >= 0.6 is 0 Å². The first-order valence-electron chi connectivity index (χ1n) is 7.77. The predicted octanol–water partition coefficient (Wildman–Crippen LogP) is 1.04. The van der Waals surface area contributed by atoms with Crippen LogP contribution in [0.2, 0.25) is 0 Å². The number of halogens is 3. The molecule has 1 aliphatic heterocycles. The summed E-state index contributed by atoms with van der Waals surface area (Å²) in [5, 5.41) is 19.0. The molecule has 1 amide bonds. The van der Waals surface area contributed by atoms with E-state index in [-0.39, 0.29) is 24.5 Å². The Morgan fingerprint density at radius 2 is 2.15 bits per heavy atom. The van der Waals surface area contributed by atoms with Crippen molar-refractivity contribution in [3.05, 3.63) is 35.8 Å². The van der Waals surface area contributed by atoms with E-state index in [1.165, 1.54) is 6.20 Å². The standard InChI is InChI=1S/C15H14F3N5O4/c16-15(17,18)9-1-2-11(19-6-9)23-7-10(21-22-23)13(26)20-14(5-12(24)25)3-4-27-8-14/h1-2,6-7H,3-5,8H2,(H,20,26)(H,24,25). The van der Waals surface area contributed by atoms with Gasteiger partial charge in [-0.2, -0.15) is 13.2 Å². The molecule has 3 heterocycles. The summed E-state index contributed by atoms with van der Waals surface area (Å²) < 4.78 is 44.0. The first kappa shape index (κ1) is 18.8. The summed E-state index contributed by atoms with van der Waals surface area (Å²) in [5.41, 5.74) is -2.09. The van der Waals surface area contributed by atoms with Gasteiger partial charge in [0, 0.05) is 12.8 Å².